The van der Waals surface area contributed by atoms with Crippen LogP contribution in [0, 0.1) is 0 Å². The topological polar surface area (TPSA) is 71.0 Å². The largest absolute Gasteiger partial charge is 0.388 e. The first-order chi connectivity index (χ1) is 6.66. The van der Waals surface area contributed by atoms with Gasteiger partial charge in [-0.25, -0.2) is 4.98 Å². The van der Waals surface area contributed by atoms with Crippen LogP contribution < -0.4 is 0 Å². The van der Waals surface area contributed by atoms with Crippen LogP contribution in [0.3, 0.4) is 0 Å². The van der Waals surface area contributed by atoms with Crippen molar-refractivity contribution in [3.8, 4) is 0 Å². The minimum Gasteiger partial charge on any atom is -0.388 e. The Morgan fingerprint density at radius 2 is 2.21 bits per heavy atom. The predicted octanol–water partition coefficient (Wildman–Crippen LogP) is 0.959. The molecule has 0 saturated heterocycles. The molecule has 1 rings (SSSR count). The summed E-state index contributed by atoms with van der Waals surface area (Å²) >= 11 is 0. The monoisotopic (exact) mass is 199 g/mol. The lowest BCUT2D eigenvalue weighted by Crippen LogP contribution is -2.26. The molecule has 2 N–H and O–H groups in total. The number of nitrogens with one attached hydrogen (secondary N) is 1. The summed E-state index contributed by atoms with van der Waals surface area (Å²) in [5.74, 6) is 1.07. The van der Waals surface area contributed by atoms with Crippen molar-refractivity contribution < 1.29 is 9.84 Å². The van der Waals surface area contributed by atoms with Gasteiger partial charge in [0.2, 0.25) is 0 Å². The van der Waals surface area contributed by atoms with Crippen molar-refractivity contribution in [2.24, 2.45) is 0 Å². The summed E-state index contributed by atoms with van der Waals surface area (Å²) in [4.78, 5) is 4.15. The zero-order valence-electron chi connectivity index (χ0n) is 8.87. The summed E-state index contributed by atoms with van der Waals surface area (Å²) in [6, 6.07) is 0. The van der Waals surface area contributed by atoms with Crippen LogP contribution in [0.2, 0.25) is 0 Å². The molecule has 0 fully saturated rings. The highest BCUT2D eigenvalue weighted by atomic mass is 16.5. The van der Waals surface area contributed by atoms with Crippen LogP contribution in [-0.2, 0) is 16.9 Å². The van der Waals surface area contributed by atoms with E-state index in [4.69, 9.17) is 9.84 Å². The fourth-order valence-electron chi connectivity index (χ4n) is 1.25. The highest BCUT2D eigenvalue weighted by molar-refractivity contribution is 5.00. The van der Waals surface area contributed by atoms with Crippen LogP contribution in [0.1, 0.15) is 38.8 Å². The molecule has 80 valence electrons. The van der Waals surface area contributed by atoms with Gasteiger partial charge in [0.1, 0.15) is 18.0 Å². The second-order valence-electron chi connectivity index (χ2n) is 3.28. The zero-order valence-corrected chi connectivity index (χ0v) is 8.87. The number of aliphatic hydroxyl groups is 1. The number of hydrogen-bond donors (Lipinski definition) is 2. The normalized spacial score (nSPS) is 15.4. The standard InChI is InChI=1S/C9H17N3O2/c1-4-9(3,14-5-2)8-10-7(6-13)11-12-8/h13H,4-6H2,1-3H3,(H,10,11,12). The second kappa shape index (κ2) is 4.52. The number of nitrogens with zero attached hydrogens (tertiary/aromatic N) is 2. The molecule has 0 aliphatic carbocycles. The van der Waals surface area contributed by atoms with E-state index in [0.29, 0.717) is 18.3 Å². The molecule has 0 aliphatic heterocycles. The van der Waals surface area contributed by atoms with Crippen molar-refractivity contribution in [3.63, 3.8) is 0 Å². The Kier molecular flexibility index (Phi) is 3.60. The van der Waals surface area contributed by atoms with E-state index >= 15 is 0 Å². The Bertz CT molecular complexity index is 287. The van der Waals surface area contributed by atoms with Crippen molar-refractivity contribution in [2.75, 3.05) is 6.61 Å². The molecule has 1 atom stereocenters. The molecule has 1 aromatic rings. The van der Waals surface area contributed by atoms with Gasteiger partial charge in [-0.1, -0.05) is 6.92 Å². The van der Waals surface area contributed by atoms with E-state index in [2.05, 4.69) is 15.2 Å². The zero-order chi connectivity index (χ0) is 10.6. The Labute approximate surface area is 83.5 Å². The van der Waals surface area contributed by atoms with Gasteiger partial charge in [0.25, 0.3) is 0 Å². The Morgan fingerprint density at radius 3 is 2.64 bits per heavy atom. The Morgan fingerprint density at radius 1 is 1.50 bits per heavy atom. The van der Waals surface area contributed by atoms with Gasteiger partial charge in [-0.05, 0) is 20.3 Å². The molecule has 0 aromatic carbocycles. The minimum absolute atomic E-state index is 0.126. The number of rotatable bonds is 5. The number of aromatic amines is 1. The highest BCUT2D eigenvalue weighted by Gasteiger charge is 2.29. The highest BCUT2D eigenvalue weighted by Crippen LogP contribution is 2.25. The molecule has 5 heteroatoms. The molecular weight excluding hydrogens is 182 g/mol. The van der Waals surface area contributed by atoms with Gasteiger partial charge in [0, 0.05) is 6.61 Å². The number of hydrogen-bond acceptors (Lipinski definition) is 4. The fourth-order valence-corrected chi connectivity index (χ4v) is 1.25. The molecule has 0 bridgehead atoms. The van der Waals surface area contributed by atoms with Gasteiger partial charge in [-0.15, -0.1) is 0 Å². The lowest BCUT2D eigenvalue weighted by atomic mass is 10.0. The molecule has 0 saturated carbocycles. The summed E-state index contributed by atoms with van der Waals surface area (Å²) in [5, 5.41) is 15.5. The molecule has 0 radical (unpaired) electrons. The summed E-state index contributed by atoms with van der Waals surface area (Å²) in [7, 11) is 0. The minimum atomic E-state index is -0.460. The van der Waals surface area contributed by atoms with Crippen molar-refractivity contribution in [1.29, 1.82) is 0 Å². The van der Waals surface area contributed by atoms with E-state index in [1.807, 2.05) is 20.8 Å². The first-order valence-corrected chi connectivity index (χ1v) is 4.82. The molecular formula is C9H17N3O2. The smallest absolute Gasteiger partial charge is 0.182 e. The summed E-state index contributed by atoms with van der Waals surface area (Å²) < 4.78 is 5.60. The van der Waals surface area contributed by atoms with E-state index in [1.54, 1.807) is 0 Å². The fraction of sp³-hybridized carbons (Fsp3) is 0.778. The maximum atomic E-state index is 8.84. The average molecular weight is 199 g/mol. The lowest BCUT2D eigenvalue weighted by molar-refractivity contribution is -0.0388. The van der Waals surface area contributed by atoms with Gasteiger partial charge in [0.15, 0.2) is 5.82 Å². The van der Waals surface area contributed by atoms with Gasteiger partial charge in [-0.2, -0.15) is 5.10 Å². The number of ether oxygens (including phenoxy) is 1. The third-order valence-corrected chi connectivity index (χ3v) is 2.29. The van der Waals surface area contributed by atoms with E-state index in [9.17, 15) is 0 Å². The van der Waals surface area contributed by atoms with Gasteiger partial charge < -0.3 is 9.84 Å². The number of aliphatic hydroxyl groups excluding tert-OH is 1. The van der Waals surface area contributed by atoms with Gasteiger partial charge in [-0.3, -0.25) is 5.10 Å². The SMILES string of the molecule is CCOC(C)(CC)c1n[nH]c(CO)n1. The predicted molar refractivity (Wildman–Crippen MR) is 51.6 cm³/mol. The quantitative estimate of drug-likeness (QED) is 0.741. The van der Waals surface area contributed by atoms with Crippen molar-refractivity contribution in [3.05, 3.63) is 11.6 Å². The van der Waals surface area contributed by atoms with Crippen LogP contribution in [0.4, 0.5) is 0 Å². The molecule has 1 heterocycles. The number of aromatic nitrogens is 3. The molecule has 1 aromatic heterocycles. The van der Waals surface area contributed by atoms with Crippen LogP contribution in [-0.4, -0.2) is 26.9 Å². The third-order valence-electron chi connectivity index (χ3n) is 2.29. The molecule has 0 spiro atoms. The first kappa shape index (κ1) is 11.1. The van der Waals surface area contributed by atoms with Crippen LogP contribution in [0.15, 0.2) is 0 Å². The molecule has 14 heavy (non-hydrogen) atoms. The molecule has 5 nitrogen and oxygen atoms in total. The Balaban J connectivity index is 2.87. The van der Waals surface area contributed by atoms with Crippen LogP contribution in [0.5, 0.6) is 0 Å². The lowest BCUT2D eigenvalue weighted by Gasteiger charge is -2.24. The van der Waals surface area contributed by atoms with Crippen molar-refractivity contribution in [1.82, 2.24) is 15.2 Å². The van der Waals surface area contributed by atoms with E-state index in [0.717, 1.165) is 6.42 Å². The molecule has 0 aliphatic rings. The summed E-state index contributed by atoms with van der Waals surface area (Å²) in [6.45, 7) is 6.39. The maximum absolute atomic E-state index is 8.84. The average Bonchev–Trinajstić information content (AvgIpc) is 2.66. The third kappa shape index (κ3) is 2.10. The summed E-state index contributed by atoms with van der Waals surface area (Å²) in [6.07, 6.45) is 0.795. The Hall–Kier alpha value is -0.940. The van der Waals surface area contributed by atoms with Gasteiger partial charge in [0.05, 0.1) is 0 Å². The van der Waals surface area contributed by atoms with Gasteiger partial charge >= 0.3 is 0 Å². The van der Waals surface area contributed by atoms with Crippen molar-refractivity contribution >= 4 is 0 Å². The second-order valence-corrected chi connectivity index (χ2v) is 3.28. The van der Waals surface area contributed by atoms with Crippen molar-refractivity contribution in [2.45, 2.75) is 39.4 Å². The molecule has 0 amide bonds. The number of H-pyrrole nitrogens is 1. The molecule has 1 unspecified atom stereocenters. The van der Waals surface area contributed by atoms with E-state index in [1.165, 1.54) is 0 Å². The van der Waals surface area contributed by atoms with Crippen LogP contribution >= 0.6 is 0 Å². The first-order valence-electron chi connectivity index (χ1n) is 4.82. The van der Waals surface area contributed by atoms with E-state index in [-0.39, 0.29) is 6.61 Å². The van der Waals surface area contributed by atoms with E-state index < -0.39 is 5.60 Å². The van der Waals surface area contributed by atoms with Crippen LogP contribution in [0.25, 0.3) is 0 Å². The summed E-state index contributed by atoms with van der Waals surface area (Å²) in [5.41, 5.74) is -0.460. The maximum Gasteiger partial charge on any atom is 0.182 e.